The second-order valence-electron chi connectivity index (χ2n) is 2.50. The molecule has 0 spiro atoms. The first-order valence-corrected chi connectivity index (χ1v) is 3.34. The Bertz CT molecular complexity index is 291. The molecule has 1 heterocycles. The molecule has 0 radical (unpaired) electrons. The van der Waals surface area contributed by atoms with E-state index in [1.807, 2.05) is 0 Å². The summed E-state index contributed by atoms with van der Waals surface area (Å²) in [4.78, 5) is 10.6. The molecule has 1 rings (SSSR count). The van der Waals surface area contributed by atoms with Crippen LogP contribution in [0.3, 0.4) is 0 Å². The van der Waals surface area contributed by atoms with Crippen molar-refractivity contribution < 1.29 is 30.0 Å². The van der Waals surface area contributed by atoms with Crippen LogP contribution in [0.1, 0.15) is 0 Å². The molecule has 0 aromatic heterocycles. The van der Waals surface area contributed by atoms with Crippen LogP contribution in [0.15, 0.2) is 23.9 Å². The lowest BCUT2D eigenvalue weighted by molar-refractivity contribution is -0.146. The maximum absolute atomic E-state index is 10.6. The van der Waals surface area contributed by atoms with Crippen molar-refractivity contribution in [2.45, 2.75) is 12.2 Å². The molecule has 1 aliphatic heterocycles. The second kappa shape index (κ2) is 2.98. The Morgan fingerprint density at radius 1 is 1.54 bits per heavy atom. The number of carbonyl (C=O) groups excluding carboxylic acids is 1. The Morgan fingerprint density at radius 3 is 2.38 bits per heavy atom. The van der Waals surface area contributed by atoms with Crippen molar-refractivity contribution in [1.82, 2.24) is 0 Å². The van der Waals surface area contributed by atoms with Crippen LogP contribution < -0.4 is 0 Å². The highest BCUT2D eigenvalue weighted by Crippen LogP contribution is 2.23. The summed E-state index contributed by atoms with van der Waals surface area (Å²) in [5.74, 6) is -3.60. The Hall–Kier alpha value is -1.69. The molecule has 72 valence electrons. The third kappa shape index (κ3) is 1.43. The smallest absolute Gasteiger partial charge is 0.378 e. The van der Waals surface area contributed by atoms with Gasteiger partial charge in [0.05, 0.1) is 0 Å². The number of rotatable bonds is 2. The van der Waals surface area contributed by atoms with E-state index in [4.69, 9.17) is 20.4 Å². The van der Waals surface area contributed by atoms with Crippen molar-refractivity contribution in [2.75, 3.05) is 0 Å². The highest BCUT2D eigenvalue weighted by atomic mass is 16.6. The van der Waals surface area contributed by atoms with E-state index in [0.29, 0.717) is 0 Å². The van der Waals surface area contributed by atoms with E-state index in [-0.39, 0.29) is 0 Å². The van der Waals surface area contributed by atoms with Gasteiger partial charge in [0, 0.05) is 0 Å². The fraction of sp³-hybridized carbons (Fsp3) is 0.286. The van der Waals surface area contributed by atoms with Crippen LogP contribution in [-0.4, -0.2) is 38.6 Å². The predicted molar refractivity (Wildman–Crippen MR) is 39.9 cm³/mol. The molecule has 0 bridgehead atoms. The molecule has 0 saturated carbocycles. The van der Waals surface area contributed by atoms with Gasteiger partial charge in [0.2, 0.25) is 5.76 Å². The van der Waals surface area contributed by atoms with Crippen molar-refractivity contribution in [2.24, 2.45) is 0 Å². The number of hydrogen-bond acceptors (Lipinski definition) is 6. The van der Waals surface area contributed by atoms with Gasteiger partial charge in [-0.1, -0.05) is 6.58 Å². The molecule has 0 aromatic rings. The fourth-order valence-electron chi connectivity index (χ4n) is 0.855. The van der Waals surface area contributed by atoms with Crippen LogP contribution in [0.4, 0.5) is 0 Å². The highest BCUT2D eigenvalue weighted by molar-refractivity contribution is 5.89. The van der Waals surface area contributed by atoms with E-state index >= 15 is 0 Å². The van der Waals surface area contributed by atoms with Crippen molar-refractivity contribution in [3.05, 3.63) is 23.9 Å². The number of carbonyl (C=O) groups is 1. The molecular formula is C7H8O6. The monoisotopic (exact) mass is 188 g/mol. The van der Waals surface area contributed by atoms with Gasteiger partial charge in [0.15, 0.2) is 18.0 Å². The van der Waals surface area contributed by atoms with Crippen molar-refractivity contribution in [3.63, 3.8) is 0 Å². The second-order valence-corrected chi connectivity index (χ2v) is 2.50. The zero-order valence-electron chi connectivity index (χ0n) is 6.47. The quantitative estimate of drug-likeness (QED) is 0.349. The first-order chi connectivity index (χ1) is 5.95. The molecule has 0 saturated heterocycles. The van der Waals surface area contributed by atoms with Gasteiger partial charge < -0.3 is 25.2 Å². The minimum Gasteiger partial charge on any atom is -0.510 e. The van der Waals surface area contributed by atoms with E-state index in [0.717, 1.165) is 0 Å². The third-order valence-electron chi connectivity index (χ3n) is 1.57. The number of aliphatic hydroxyl groups is 4. The van der Waals surface area contributed by atoms with Crippen LogP contribution in [0, 0.1) is 0 Å². The minimum absolute atomic E-state index is 0.668. The summed E-state index contributed by atoms with van der Waals surface area (Å²) in [6.07, 6.45) is -3.13. The van der Waals surface area contributed by atoms with Gasteiger partial charge in [-0.25, -0.2) is 4.79 Å². The summed E-state index contributed by atoms with van der Waals surface area (Å²) in [7, 11) is 0. The maximum Gasteiger partial charge on any atom is 0.378 e. The highest BCUT2D eigenvalue weighted by Gasteiger charge is 2.40. The zero-order chi connectivity index (χ0) is 10.2. The molecule has 0 unspecified atom stereocenters. The van der Waals surface area contributed by atoms with Gasteiger partial charge in [-0.2, -0.15) is 0 Å². The first-order valence-electron chi connectivity index (χ1n) is 3.34. The Kier molecular flexibility index (Phi) is 2.16. The lowest BCUT2D eigenvalue weighted by atomic mass is 10.1. The molecule has 13 heavy (non-hydrogen) atoms. The minimum atomic E-state index is -1.64. The van der Waals surface area contributed by atoms with E-state index in [2.05, 4.69) is 11.3 Å². The lowest BCUT2D eigenvalue weighted by Crippen LogP contribution is -2.30. The van der Waals surface area contributed by atoms with Gasteiger partial charge in [-0.15, -0.1) is 0 Å². The molecule has 0 fully saturated rings. The molecule has 0 amide bonds. The normalized spacial score (nSPS) is 24.4. The average Bonchev–Trinajstić information content (AvgIpc) is 2.31. The van der Waals surface area contributed by atoms with Gasteiger partial charge in [-0.3, -0.25) is 0 Å². The van der Waals surface area contributed by atoms with Crippen molar-refractivity contribution in [1.29, 1.82) is 0 Å². The molecule has 6 heteroatoms. The van der Waals surface area contributed by atoms with Crippen LogP contribution >= 0.6 is 0 Å². The van der Waals surface area contributed by atoms with E-state index in [1.165, 1.54) is 0 Å². The summed E-state index contributed by atoms with van der Waals surface area (Å²) in [6, 6.07) is 0. The number of hydrogen-bond donors (Lipinski definition) is 4. The Labute approximate surface area is 73.0 Å². The summed E-state index contributed by atoms with van der Waals surface area (Å²) in [5.41, 5.74) is 0. The van der Waals surface area contributed by atoms with E-state index in [1.54, 1.807) is 0 Å². The summed E-state index contributed by atoms with van der Waals surface area (Å²) < 4.78 is 4.33. The summed E-state index contributed by atoms with van der Waals surface area (Å²) >= 11 is 0. The number of aliphatic hydroxyl groups excluding tert-OH is 4. The molecule has 2 atom stereocenters. The van der Waals surface area contributed by atoms with Crippen LogP contribution in [0.2, 0.25) is 0 Å². The lowest BCUT2D eigenvalue weighted by Gasteiger charge is -2.15. The van der Waals surface area contributed by atoms with Crippen LogP contribution in [0.5, 0.6) is 0 Å². The van der Waals surface area contributed by atoms with E-state index in [9.17, 15) is 4.79 Å². The standard InChI is InChI=1S/C7H8O6/c1-2(8)3(9)6-4(10)5(11)7(12)13-6/h3,6,8-11H,1H2/t3-,6+/m0/s1. The number of cyclic esters (lactones) is 1. The van der Waals surface area contributed by atoms with Gasteiger partial charge >= 0.3 is 5.97 Å². The molecule has 6 nitrogen and oxygen atoms in total. The van der Waals surface area contributed by atoms with Crippen molar-refractivity contribution >= 4 is 5.97 Å². The first kappa shape index (κ1) is 9.40. The summed E-state index contributed by atoms with van der Waals surface area (Å²) in [6.45, 7) is 2.98. The number of esters is 1. The summed E-state index contributed by atoms with van der Waals surface area (Å²) in [5, 5.41) is 35.6. The topological polar surface area (TPSA) is 107 Å². The largest absolute Gasteiger partial charge is 0.510 e. The van der Waals surface area contributed by atoms with Crippen molar-refractivity contribution in [3.8, 4) is 0 Å². The molecule has 0 aliphatic carbocycles. The Morgan fingerprint density at radius 2 is 2.08 bits per heavy atom. The molecular weight excluding hydrogens is 180 g/mol. The Balaban J connectivity index is 2.88. The fourth-order valence-corrected chi connectivity index (χ4v) is 0.855. The average molecular weight is 188 g/mol. The number of ether oxygens (including phenoxy) is 1. The maximum atomic E-state index is 10.6. The third-order valence-corrected chi connectivity index (χ3v) is 1.57. The van der Waals surface area contributed by atoms with Gasteiger partial charge in [0.1, 0.15) is 5.76 Å². The molecule has 0 aromatic carbocycles. The predicted octanol–water partition coefficient (Wildman–Crippen LogP) is -0.328. The van der Waals surface area contributed by atoms with E-state index < -0.39 is 35.5 Å². The zero-order valence-corrected chi connectivity index (χ0v) is 6.47. The van der Waals surface area contributed by atoms with Gasteiger partial charge in [-0.05, 0) is 0 Å². The van der Waals surface area contributed by atoms with Gasteiger partial charge in [0.25, 0.3) is 0 Å². The van der Waals surface area contributed by atoms with Crippen LogP contribution in [-0.2, 0) is 9.53 Å². The SMILES string of the molecule is C=C(O)[C@H](O)[C@H]1OC(=O)C(O)=C1O. The molecule has 4 N–H and O–H groups in total. The van der Waals surface area contributed by atoms with Crippen LogP contribution in [0.25, 0.3) is 0 Å². The molecule has 1 aliphatic rings.